The van der Waals surface area contributed by atoms with E-state index in [9.17, 15) is 4.79 Å². The maximum absolute atomic E-state index is 12.0. The molecule has 7 nitrogen and oxygen atoms in total. The summed E-state index contributed by atoms with van der Waals surface area (Å²) in [6, 6.07) is 14.7. The Balaban J connectivity index is 1.50. The van der Waals surface area contributed by atoms with Crippen LogP contribution < -0.4 is 14.8 Å². The van der Waals surface area contributed by atoms with Crippen molar-refractivity contribution in [1.29, 1.82) is 0 Å². The van der Waals surface area contributed by atoms with Crippen LogP contribution in [-0.4, -0.2) is 32.9 Å². The number of benzene rings is 2. The number of rotatable bonds is 8. The van der Waals surface area contributed by atoms with E-state index in [1.165, 1.54) is 6.21 Å². The second-order valence-corrected chi connectivity index (χ2v) is 6.10. The number of carbonyl (C=O) groups excluding carboxylic acids is 1. The number of hydrogen-bond acceptors (Lipinski definition) is 6. The summed E-state index contributed by atoms with van der Waals surface area (Å²) >= 11 is 0. The lowest BCUT2D eigenvalue weighted by molar-refractivity contribution is -0.126. The summed E-state index contributed by atoms with van der Waals surface area (Å²) in [5.74, 6) is 1.60. The number of nitrogens with zero attached hydrogens (tertiary/aromatic N) is 1. The van der Waals surface area contributed by atoms with Crippen LogP contribution in [0.25, 0.3) is 11.0 Å². The van der Waals surface area contributed by atoms with Crippen molar-refractivity contribution in [3.05, 3.63) is 59.9 Å². The van der Waals surface area contributed by atoms with Crippen molar-refractivity contribution in [2.45, 2.75) is 13.0 Å². The van der Waals surface area contributed by atoms with Crippen molar-refractivity contribution in [2.24, 2.45) is 5.16 Å². The van der Waals surface area contributed by atoms with Crippen LogP contribution in [0.1, 0.15) is 24.3 Å². The smallest absolute Gasteiger partial charge is 0.261 e. The van der Waals surface area contributed by atoms with Crippen molar-refractivity contribution in [2.75, 3.05) is 20.8 Å². The van der Waals surface area contributed by atoms with Crippen molar-refractivity contribution < 1.29 is 23.5 Å². The van der Waals surface area contributed by atoms with Crippen LogP contribution in [0.3, 0.4) is 0 Å². The third kappa shape index (κ3) is 4.62. The third-order valence-electron chi connectivity index (χ3n) is 4.13. The molecule has 0 aliphatic rings. The topological polar surface area (TPSA) is 82.3 Å². The molecule has 7 heteroatoms. The van der Waals surface area contributed by atoms with Crippen LogP contribution in [0, 0.1) is 0 Å². The largest absolute Gasteiger partial charge is 0.493 e. The van der Waals surface area contributed by atoms with Crippen LogP contribution >= 0.6 is 0 Å². The zero-order valence-corrected chi connectivity index (χ0v) is 16.0. The van der Waals surface area contributed by atoms with Gasteiger partial charge in [0, 0.05) is 10.9 Å². The van der Waals surface area contributed by atoms with Crippen LogP contribution in [0.15, 0.2) is 58.1 Å². The first kappa shape index (κ1) is 19.3. The van der Waals surface area contributed by atoms with Gasteiger partial charge in [-0.25, -0.2) is 0 Å². The maximum atomic E-state index is 12.0. The molecule has 0 saturated heterocycles. The Morgan fingerprint density at radius 2 is 1.93 bits per heavy atom. The van der Waals surface area contributed by atoms with E-state index in [1.807, 2.05) is 37.3 Å². The van der Waals surface area contributed by atoms with Gasteiger partial charge in [-0.05, 0) is 37.3 Å². The predicted octanol–water partition coefficient (Wildman–Crippen LogP) is 3.68. The molecule has 1 atom stereocenters. The molecule has 0 fully saturated rings. The van der Waals surface area contributed by atoms with Gasteiger partial charge in [0.15, 0.2) is 18.1 Å². The third-order valence-corrected chi connectivity index (χ3v) is 4.13. The average molecular weight is 382 g/mol. The standard InChI is InChI=1S/C21H22N2O5/c1-14(19-11-16-6-4-5-7-17(16)28-19)23-21(24)13-27-22-12-15-8-9-18(25-2)20(10-15)26-3/h4-12,14H,13H2,1-3H3,(H,23,24)/b22-12+. The van der Waals surface area contributed by atoms with Gasteiger partial charge in [0.05, 0.1) is 26.5 Å². The first-order valence-electron chi connectivity index (χ1n) is 8.76. The molecule has 2 aromatic carbocycles. The predicted molar refractivity (Wildman–Crippen MR) is 106 cm³/mol. The maximum Gasteiger partial charge on any atom is 0.261 e. The van der Waals surface area contributed by atoms with E-state index >= 15 is 0 Å². The highest BCUT2D eigenvalue weighted by Gasteiger charge is 2.14. The fourth-order valence-electron chi connectivity index (χ4n) is 2.70. The van der Waals surface area contributed by atoms with Crippen molar-refractivity contribution in [3.63, 3.8) is 0 Å². The van der Waals surface area contributed by atoms with E-state index in [0.29, 0.717) is 17.3 Å². The van der Waals surface area contributed by atoms with E-state index in [-0.39, 0.29) is 18.6 Å². The van der Waals surface area contributed by atoms with Gasteiger partial charge in [0.25, 0.3) is 5.91 Å². The molecule has 1 unspecified atom stereocenters. The average Bonchev–Trinajstić information content (AvgIpc) is 3.15. The Kier molecular flexibility index (Phi) is 6.16. The number of amides is 1. The second kappa shape index (κ2) is 8.94. The molecule has 28 heavy (non-hydrogen) atoms. The normalized spacial score (nSPS) is 12.1. The van der Waals surface area contributed by atoms with E-state index in [4.69, 9.17) is 18.7 Å². The molecule has 0 bridgehead atoms. The number of oxime groups is 1. The summed E-state index contributed by atoms with van der Waals surface area (Å²) < 4.78 is 16.2. The van der Waals surface area contributed by atoms with Crippen LogP contribution in [0.2, 0.25) is 0 Å². The Morgan fingerprint density at radius 1 is 1.14 bits per heavy atom. The number of carbonyl (C=O) groups is 1. The Bertz CT molecular complexity index is 947. The van der Waals surface area contributed by atoms with Gasteiger partial charge < -0.3 is 24.0 Å². The van der Waals surface area contributed by atoms with E-state index in [1.54, 1.807) is 32.4 Å². The molecule has 1 N–H and O–H groups in total. The highest BCUT2D eigenvalue weighted by atomic mass is 16.6. The number of methoxy groups -OCH3 is 2. The molecular weight excluding hydrogens is 360 g/mol. The summed E-state index contributed by atoms with van der Waals surface area (Å²) in [5, 5.41) is 7.64. The van der Waals surface area contributed by atoms with Crippen molar-refractivity contribution in [3.8, 4) is 11.5 Å². The fourth-order valence-corrected chi connectivity index (χ4v) is 2.70. The lowest BCUT2D eigenvalue weighted by Crippen LogP contribution is -2.29. The van der Waals surface area contributed by atoms with Gasteiger partial charge >= 0.3 is 0 Å². The van der Waals surface area contributed by atoms with Crippen molar-refractivity contribution in [1.82, 2.24) is 5.32 Å². The van der Waals surface area contributed by atoms with Crippen LogP contribution in [0.5, 0.6) is 11.5 Å². The highest BCUT2D eigenvalue weighted by Crippen LogP contribution is 2.27. The van der Waals surface area contributed by atoms with Gasteiger partial charge in [-0.15, -0.1) is 0 Å². The molecule has 0 aliphatic heterocycles. The minimum Gasteiger partial charge on any atom is -0.493 e. The van der Waals surface area contributed by atoms with E-state index in [2.05, 4.69) is 10.5 Å². The minimum atomic E-state index is -0.294. The van der Waals surface area contributed by atoms with E-state index < -0.39 is 0 Å². The van der Waals surface area contributed by atoms with Gasteiger partial charge in [-0.1, -0.05) is 23.4 Å². The number of ether oxygens (including phenoxy) is 2. The molecule has 1 aromatic heterocycles. The Hall–Kier alpha value is -3.48. The molecular formula is C21H22N2O5. The number of furan rings is 1. The number of nitrogens with one attached hydrogen (secondary N) is 1. The Morgan fingerprint density at radius 3 is 2.68 bits per heavy atom. The summed E-state index contributed by atoms with van der Waals surface area (Å²) in [7, 11) is 3.13. The highest BCUT2D eigenvalue weighted by molar-refractivity contribution is 5.81. The molecule has 0 radical (unpaired) electrons. The lowest BCUT2D eigenvalue weighted by atomic mass is 10.2. The molecule has 0 saturated carbocycles. The number of fused-ring (bicyclic) bond motifs is 1. The summed E-state index contributed by atoms with van der Waals surface area (Å²) in [5.41, 5.74) is 1.54. The second-order valence-electron chi connectivity index (χ2n) is 6.10. The lowest BCUT2D eigenvalue weighted by Gasteiger charge is -2.10. The molecule has 0 spiro atoms. The van der Waals surface area contributed by atoms with Gasteiger partial charge in [0.2, 0.25) is 0 Å². The zero-order valence-electron chi connectivity index (χ0n) is 16.0. The SMILES string of the molecule is COc1ccc(/C=N/OCC(=O)NC(C)c2cc3ccccc3o2)cc1OC. The molecule has 3 aromatic rings. The molecule has 1 amide bonds. The van der Waals surface area contributed by atoms with Crippen LogP contribution in [0.4, 0.5) is 0 Å². The van der Waals surface area contributed by atoms with Crippen LogP contribution in [-0.2, 0) is 9.63 Å². The number of hydrogen-bond donors (Lipinski definition) is 1. The van der Waals surface area contributed by atoms with E-state index in [0.717, 1.165) is 16.5 Å². The minimum absolute atomic E-state index is 0.200. The van der Waals surface area contributed by atoms with Crippen molar-refractivity contribution >= 4 is 23.1 Å². The summed E-state index contributed by atoms with van der Waals surface area (Å²) in [6.07, 6.45) is 1.50. The van der Waals surface area contributed by atoms with Gasteiger partial charge in [0.1, 0.15) is 11.3 Å². The first-order chi connectivity index (χ1) is 13.6. The first-order valence-corrected chi connectivity index (χ1v) is 8.76. The van der Waals surface area contributed by atoms with Gasteiger partial charge in [-0.3, -0.25) is 4.79 Å². The molecule has 1 heterocycles. The van der Waals surface area contributed by atoms with Gasteiger partial charge in [-0.2, -0.15) is 0 Å². The number of para-hydroxylation sites is 1. The fraction of sp³-hybridized carbons (Fsp3) is 0.238. The summed E-state index contributed by atoms with van der Waals surface area (Å²) in [6.45, 7) is 1.65. The molecule has 146 valence electrons. The molecule has 0 aliphatic carbocycles. The zero-order chi connectivity index (χ0) is 19.9. The summed E-state index contributed by atoms with van der Waals surface area (Å²) in [4.78, 5) is 17.1. The Labute approximate surface area is 162 Å². The quantitative estimate of drug-likeness (QED) is 0.475. The monoisotopic (exact) mass is 382 g/mol. The molecule has 3 rings (SSSR count).